The Kier molecular flexibility index (Phi) is 6.63. The predicted octanol–water partition coefficient (Wildman–Crippen LogP) is 4.45. The molecule has 9 nitrogen and oxygen atoms in total. The zero-order valence-corrected chi connectivity index (χ0v) is 20.8. The normalized spacial score (nSPS) is 14.5. The van der Waals surface area contributed by atoms with Crippen molar-refractivity contribution in [3.05, 3.63) is 47.0 Å². The summed E-state index contributed by atoms with van der Waals surface area (Å²) in [6, 6.07) is 8.11. The molecular formula is C25H29N7O2S. The summed E-state index contributed by atoms with van der Waals surface area (Å²) in [5, 5.41) is 4.43. The molecule has 0 unspecified atom stereocenters. The number of hydrogen-bond acceptors (Lipinski definition) is 8. The average molecular weight is 492 g/mol. The van der Waals surface area contributed by atoms with Crippen LogP contribution in [0.15, 0.2) is 36.7 Å². The molecule has 1 aromatic carbocycles. The van der Waals surface area contributed by atoms with E-state index in [-0.39, 0.29) is 11.9 Å². The van der Waals surface area contributed by atoms with E-state index >= 15 is 0 Å². The zero-order chi connectivity index (χ0) is 24.4. The summed E-state index contributed by atoms with van der Waals surface area (Å²) in [5.74, 6) is 1.25. The molecule has 4 aromatic rings. The summed E-state index contributed by atoms with van der Waals surface area (Å²) in [6.07, 6.45) is 5.02. The van der Waals surface area contributed by atoms with Crippen LogP contribution in [0.25, 0.3) is 21.9 Å². The van der Waals surface area contributed by atoms with E-state index in [4.69, 9.17) is 26.9 Å². The fourth-order valence-electron chi connectivity index (χ4n) is 4.62. The summed E-state index contributed by atoms with van der Waals surface area (Å²) in [5.41, 5.74) is 3.95. The van der Waals surface area contributed by atoms with E-state index in [1.165, 1.54) is 0 Å². The molecule has 1 saturated heterocycles. The third-order valence-corrected chi connectivity index (χ3v) is 6.82. The van der Waals surface area contributed by atoms with Gasteiger partial charge >= 0.3 is 5.97 Å². The molecule has 0 spiro atoms. The molecule has 3 aromatic heterocycles. The largest absolute Gasteiger partial charge is 0.466 e. The van der Waals surface area contributed by atoms with Gasteiger partial charge in [-0.3, -0.25) is 9.78 Å². The monoisotopic (exact) mass is 491 g/mol. The maximum Gasteiger partial charge on any atom is 0.309 e. The average Bonchev–Trinajstić information content (AvgIpc) is 3.20. The molecule has 0 saturated carbocycles. The van der Waals surface area contributed by atoms with E-state index in [0.29, 0.717) is 37.0 Å². The van der Waals surface area contributed by atoms with Crippen molar-refractivity contribution in [2.24, 2.45) is 5.92 Å². The van der Waals surface area contributed by atoms with Crippen LogP contribution in [0.2, 0.25) is 0 Å². The maximum atomic E-state index is 12.2. The van der Waals surface area contributed by atoms with Crippen LogP contribution in [0.3, 0.4) is 0 Å². The fourth-order valence-corrected chi connectivity index (χ4v) is 4.96. The second-order valence-corrected chi connectivity index (χ2v) is 9.04. The van der Waals surface area contributed by atoms with Crippen LogP contribution in [-0.2, 0) is 22.6 Å². The standard InChI is InChI=1S/C25H29N7O2S/c1-3-32-21-14-19-18(13-20(21)29-25(32)35)22(27-15-16-5-9-26-10-6-16)30-24(28-19)31-11-7-17(8-12-31)23(33)34-4-2/h5-6,9-10,13-14,17H,3-4,7-8,11-12,15H2,1-2H3,(H,29,35)(H,27,28,30). The molecule has 182 valence electrons. The van der Waals surface area contributed by atoms with Crippen LogP contribution in [0, 0.1) is 10.7 Å². The fraction of sp³-hybridized carbons (Fsp3) is 0.400. The number of pyridine rings is 1. The summed E-state index contributed by atoms with van der Waals surface area (Å²) in [4.78, 5) is 31.6. The van der Waals surface area contributed by atoms with E-state index in [9.17, 15) is 4.79 Å². The van der Waals surface area contributed by atoms with Crippen LogP contribution in [0.5, 0.6) is 0 Å². The second-order valence-electron chi connectivity index (χ2n) is 8.66. The molecule has 5 rings (SSSR count). The number of aryl methyl sites for hydroxylation is 1. The smallest absolute Gasteiger partial charge is 0.309 e. The number of benzene rings is 1. The van der Waals surface area contributed by atoms with Crippen molar-refractivity contribution in [2.75, 3.05) is 29.9 Å². The number of fused-ring (bicyclic) bond motifs is 2. The molecule has 0 aliphatic carbocycles. The van der Waals surface area contributed by atoms with Crippen molar-refractivity contribution in [1.29, 1.82) is 0 Å². The summed E-state index contributed by atoms with van der Waals surface area (Å²) in [6.45, 7) is 7.13. The minimum atomic E-state index is -0.107. The van der Waals surface area contributed by atoms with Gasteiger partial charge in [0.25, 0.3) is 0 Å². The van der Waals surface area contributed by atoms with Gasteiger partial charge in [0, 0.05) is 44.0 Å². The van der Waals surface area contributed by atoms with Crippen molar-refractivity contribution in [1.82, 2.24) is 24.5 Å². The number of hydrogen-bond donors (Lipinski definition) is 2. The molecule has 1 aliphatic heterocycles. The van der Waals surface area contributed by atoms with Gasteiger partial charge in [-0.05, 0) is 68.7 Å². The first-order chi connectivity index (χ1) is 17.1. The number of carbonyl (C=O) groups excluding carboxylic acids is 1. The lowest BCUT2D eigenvalue weighted by Gasteiger charge is -2.31. The Bertz CT molecular complexity index is 1410. The molecule has 1 aliphatic rings. The molecular weight excluding hydrogens is 462 g/mol. The first kappa shape index (κ1) is 23.2. The maximum absolute atomic E-state index is 12.2. The Morgan fingerprint density at radius 1 is 1.20 bits per heavy atom. The summed E-state index contributed by atoms with van der Waals surface area (Å²) >= 11 is 5.52. The lowest BCUT2D eigenvalue weighted by atomic mass is 9.97. The van der Waals surface area contributed by atoms with Crippen LogP contribution in [-0.4, -0.2) is 50.2 Å². The summed E-state index contributed by atoms with van der Waals surface area (Å²) in [7, 11) is 0. The van der Waals surface area contributed by atoms with Crippen molar-refractivity contribution in [3.8, 4) is 0 Å². The topological polar surface area (TPSA) is 101 Å². The van der Waals surface area contributed by atoms with Gasteiger partial charge in [0.15, 0.2) is 4.77 Å². The van der Waals surface area contributed by atoms with E-state index in [1.54, 1.807) is 12.4 Å². The highest BCUT2D eigenvalue weighted by Crippen LogP contribution is 2.30. The number of piperidine rings is 1. The van der Waals surface area contributed by atoms with Gasteiger partial charge in [0.05, 0.1) is 29.1 Å². The quantitative estimate of drug-likeness (QED) is 0.289. The highest BCUT2D eigenvalue weighted by Gasteiger charge is 2.27. The Morgan fingerprint density at radius 2 is 1.97 bits per heavy atom. The second kappa shape index (κ2) is 9.99. The molecule has 0 atom stereocenters. The molecule has 10 heteroatoms. The Labute approximate surface area is 208 Å². The molecule has 2 N–H and O–H groups in total. The van der Waals surface area contributed by atoms with Gasteiger partial charge in [-0.25, -0.2) is 4.98 Å². The van der Waals surface area contributed by atoms with Crippen molar-refractivity contribution >= 4 is 51.9 Å². The molecule has 35 heavy (non-hydrogen) atoms. The van der Waals surface area contributed by atoms with E-state index < -0.39 is 0 Å². The number of aromatic amines is 1. The van der Waals surface area contributed by atoms with Crippen molar-refractivity contribution in [2.45, 2.75) is 39.8 Å². The zero-order valence-electron chi connectivity index (χ0n) is 20.0. The number of carbonyl (C=O) groups is 1. The van der Waals surface area contributed by atoms with Crippen molar-refractivity contribution < 1.29 is 9.53 Å². The van der Waals surface area contributed by atoms with Gasteiger partial charge in [-0.15, -0.1) is 0 Å². The molecule has 0 radical (unpaired) electrons. The first-order valence-corrected chi connectivity index (χ1v) is 12.5. The highest BCUT2D eigenvalue weighted by atomic mass is 32.1. The van der Waals surface area contributed by atoms with Gasteiger partial charge in [0.1, 0.15) is 5.82 Å². The third kappa shape index (κ3) is 4.70. The number of H-pyrrole nitrogens is 1. The summed E-state index contributed by atoms with van der Waals surface area (Å²) < 4.78 is 7.98. The Hall–Kier alpha value is -3.53. The van der Waals surface area contributed by atoms with E-state index in [0.717, 1.165) is 52.7 Å². The van der Waals surface area contributed by atoms with E-state index in [2.05, 4.69) is 43.8 Å². The molecule has 1 fully saturated rings. The SMILES string of the molecule is CCOC(=O)C1CCN(c2nc(NCc3ccncc3)c3cc4[nH]c(=S)n(CC)c4cc3n2)CC1. The van der Waals surface area contributed by atoms with Gasteiger partial charge in [0.2, 0.25) is 5.95 Å². The molecule has 0 bridgehead atoms. The van der Waals surface area contributed by atoms with Crippen LogP contribution in [0.1, 0.15) is 32.3 Å². The van der Waals surface area contributed by atoms with Crippen LogP contribution >= 0.6 is 12.2 Å². The lowest BCUT2D eigenvalue weighted by Crippen LogP contribution is -2.38. The third-order valence-electron chi connectivity index (χ3n) is 6.50. The number of esters is 1. The minimum absolute atomic E-state index is 0.0654. The van der Waals surface area contributed by atoms with Gasteiger partial charge in [-0.1, -0.05) is 0 Å². The Balaban J connectivity index is 1.51. The lowest BCUT2D eigenvalue weighted by molar-refractivity contribution is -0.148. The number of nitrogens with one attached hydrogen (secondary N) is 2. The van der Waals surface area contributed by atoms with Crippen molar-refractivity contribution in [3.63, 3.8) is 0 Å². The molecule has 0 amide bonds. The number of aromatic nitrogens is 5. The number of nitrogens with zero attached hydrogens (tertiary/aromatic N) is 5. The van der Waals surface area contributed by atoms with Gasteiger partial charge in [-0.2, -0.15) is 4.98 Å². The Morgan fingerprint density at radius 3 is 2.69 bits per heavy atom. The van der Waals surface area contributed by atoms with Crippen LogP contribution in [0.4, 0.5) is 11.8 Å². The number of ether oxygens (including phenoxy) is 1. The minimum Gasteiger partial charge on any atom is -0.466 e. The first-order valence-electron chi connectivity index (χ1n) is 12.1. The van der Waals surface area contributed by atoms with Crippen LogP contribution < -0.4 is 10.2 Å². The predicted molar refractivity (Wildman–Crippen MR) is 139 cm³/mol. The van der Waals surface area contributed by atoms with Gasteiger partial charge < -0.3 is 24.5 Å². The van der Waals surface area contributed by atoms with E-state index in [1.807, 2.05) is 19.1 Å². The number of imidazole rings is 1. The number of rotatable bonds is 7. The molecule has 4 heterocycles. The highest BCUT2D eigenvalue weighted by molar-refractivity contribution is 7.71. The number of anilines is 2.